The summed E-state index contributed by atoms with van der Waals surface area (Å²) in [5.74, 6) is 1.28. The van der Waals surface area contributed by atoms with Gasteiger partial charge in [-0.3, -0.25) is 0 Å². The molecular formula is C14H19FN6O. The van der Waals surface area contributed by atoms with Gasteiger partial charge >= 0.3 is 0 Å². The van der Waals surface area contributed by atoms with E-state index >= 15 is 0 Å². The van der Waals surface area contributed by atoms with Gasteiger partial charge in [-0.15, -0.1) is 0 Å². The molecule has 1 unspecified atom stereocenters. The van der Waals surface area contributed by atoms with Crippen molar-refractivity contribution in [1.29, 1.82) is 0 Å². The number of aromatic nitrogens is 5. The zero-order valence-corrected chi connectivity index (χ0v) is 12.7. The van der Waals surface area contributed by atoms with Gasteiger partial charge in [-0.05, 0) is 19.3 Å². The van der Waals surface area contributed by atoms with Gasteiger partial charge in [-0.2, -0.15) is 5.10 Å². The first kappa shape index (κ1) is 14.8. The first-order chi connectivity index (χ1) is 10.7. The van der Waals surface area contributed by atoms with E-state index in [1.54, 1.807) is 7.11 Å². The predicted molar refractivity (Wildman–Crippen MR) is 77.7 cm³/mol. The number of fused-ring (bicyclic) bond motifs is 1. The van der Waals surface area contributed by atoms with Crippen molar-refractivity contribution in [3.8, 4) is 0 Å². The molecule has 0 spiro atoms. The van der Waals surface area contributed by atoms with E-state index in [4.69, 9.17) is 4.74 Å². The van der Waals surface area contributed by atoms with Crippen LogP contribution in [0.15, 0.2) is 6.33 Å². The van der Waals surface area contributed by atoms with Crippen LogP contribution in [-0.4, -0.2) is 31.8 Å². The first-order valence-electron chi connectivity index (χ1n) is 7.41. The van der Waals surface area contributed by atoms with E-state index in [1.165, 1.54) is 6.33 Å². The van der Waals surface area contributed by atoms with Crippen LogP contribution in [0.25, 0.3) is 0 Å². The fraction of sp³-hybridized carbons (Fsp3) is 0.571. The van der Waals surface area contributed by atoms with Gasteiger partial charge in [0, 0.05) is 13.7 Å². The third-order valence-corrected chi connectivity index (χ3v) is 3.70. The van der Waals surface area contributed by atoms with Crippen molar-refractivity contribution >= 4 is 5.82 Å². The van der Waals surface area contributed by atoms with E-state index in [0.717, 1.165) is 25.2 Å². The van der Waals surface area contributed by atoms with Gasteiger partial charge in [-0.1, -0.05) is 6.92 Å². The highest BCUT2D eigenvalue weighted by atomic mass is 19.1. The Kier molecular flexibility index (Phi) is 4.28. The highest BCUT2D eigenvalue weighted by Gasteiger charge is 2.25. The van der Waals surface area contributed by atoms with Crippen LogP contribution in [-0.2, 0) is 24.3 Å². The first-order valence-corrected chi connectivity index (χ1v) is 7.41. The summed E-state index contributed by atoms with van der Waals surface area (Å²) in [4.78, 5) is 12.5. The van der Waals surface area contributed by atoms with Crippen molar-refractivity contribution < 1.29 is 9.13 Å². The number of anilines is 1. The maximum absolute atomic E-state index is 14.3. The molecule has 8 heteroatoms. The number of rotatable bonds is 5. The summed E-state index contributed by atoms with van der Waals surface area (Å²) in [6.45, 7) is 3.05. The SMILES string of the molecule is CCc1ncnc(NC2CCCn3nc(COC)nc32)c1F. The minimum atomic E-state index is -0.390. The van der Waals surface area contributed by atoms with E-state index in [9.17, 15) is 4.39 Å². The molecule has 1 aliphatic heterocycles. The lowest BCUT2D eigenvalue weighted by molar-refractivity contribution is 0.177. The van der Waals surface area contributed by atoms with Crippen LogP contribution >= 0.6 is 0 Å². The monoisotopic (exact) mass is 306 g/mol. The molecule has 0 aromatic carbocycles. The third kappa shape index (κ3) is 2.78. The molecule has 0 amide bonds. The third-order valence-electron chi connectivity index (χ3n) is 3.70. The topological polar surface area (TPSA) is 77.8 Å². The molecule has 1 atom stereocenters. The quantitative estimate of drug-likeness (QED) is 0.908. The molecular weight excluding hydrogens is 287 g/mol. The minimum Gasteiger partial charge on any atom is -0.377 e. The van der Waals surface area contributed by atoms with Gasteiger partial charge in [0.15, 0.2) is 17.5 Å². The Morgan fingerprint density at radius 3 is 3.09 bits per heavy atom. The molecule has 2 aromatic rings. The molecule has 0 fully saturated rings. The van der Waals surface area contributed by atoms with Crippen molar-refractivity contribution in [3.05, 3.63) is 29.5 Å². The number of hydrogen-bond donors (Lipinski definition) is 1. The number of hydrogen-bond acceptors (Lipinski definition) is 6. The lowest BCUT2D eigenvalue weighted by Crippen LogP contribution is -2.23. The average Bonchev–Trinajstić information content (AvgIpc) is 2.93. The highest BCUT2D eigenvalue weighted by Crippen LogP contribution is 2.28. The molecule has 1 N–H and O–H groups in total. The van der Waals surface area contributed by atoms with E-state index in [0.29, 0.717) is 24.5 Å². The van der Waals surface area contributed by atoms with E-state index in [-0.39, 0.29) is 11.9 Å². The predicted octanol–water partition coefficient (Wildman–Crippen LogP) is 1.86. The Balaban J connectivity index is 1.85. The average molecular weight is 306 g/mol. The van der Waals surface area contributed by atoms with Gasteiger partial charge in [0.1, 0.15) is 18.8 Å². The van der Waals surface area contributed by atoms with Crippen molar-refractivity contribution in [2.45, 2.75) is 45.4 Å². The Bertz CT molecular complexity index is 659. The van der Waals surface area contributed by atoms with Crippen molar-refractivity contribution in [3.63, 3.8) is 0 Å². The van der Waals surface area contributed by atoms with Crippen LogP contribution in [0.4, 0.5) is 10.2 Å². The van der Waals surface area contributed by atoms with Crippen LogP contribution in [0, 0.1) is 5.82 Å². The van der Waals surface area contributed by atoms with Crippen LogP contribution in [0.2, 0.25) is 0 Å². The second-order valence-electron chi connectivity index (χ2n) is 5.22. The molecule has 118 valence electrons. The number of halogens is 1. The summed E-state index contributed by atoms with van der Waals surface area (Å²) in [6.07, 6.45) is 3.72. The van der Waals surface area contributed by atoms with Gasteiger partial charge in [0.25, 0.3) is 0 Å². The normalized spacial score (nSPS) is 17.3. The maximum atomic E-state index is 14.3. The number of nitrogens with one attached hydrogen (secondary N) is 1. The van der Waals surface area contributed by atoms with Crippen molar-refractivity contribution in [2.75, 3.05) is 12.4 Å². The summed E-state index contributed by atoms with van der Waals surface area (Å²) in [6, 6.07) is -0.110. The molecule has 0 saturated heterocycles. The summed E-state index contributed by atoms with van der Waals surface area (Å²) in [5, 5.41) is 7.55. The Morgan fingerprint density at radius 2 is 2.32 bits per heavy atom. The number of nitrogens with zero attached hydrogens (tertiary/aromatic N) is 5. The van der Waals surface area contributed by atoms with Crippen LogP contribution in [0.1, 0.15) is 43.1 Å². The van der Waals surface area contributed by atoms with E-state index in [1.807, 2.05) is 11.6 Å². The fourth-order valence-corrected chi connectivity index (χ4v) is 2.64. The highest BCUT2D eigenvalue weighted by molar-refractivity contribution is 5.39. The van der Waals surface area contributed by atoms with Crippen molar-refractivity contribution in [2.24, 2.45) is 0 Å². The second kappa shape index (κ2) is 6.35. The molecule has 0 bridgehead atoms. The maximum Gasteiger partial charge on any atom is 0.186 e. The van der Waals surface area contributed by atoms with Crippen LogP contribution in [0.3, 0.4) is 0 Å². The molecule has 0 saturated carbocycles. The summed E-state index contributed by atoms with van der Waals surface area (Å²) >= 11 is 0. The van der Waals surface area contributed by atoms with Crippen LogP contribution in [0.5, 0.6) is 0 Å². The molecule has 3 rings (SSSR count). The van der Waals surface area contributed by atoms with Gasteiger partial charge < -0.3 is 10.1 Å². The Morgan fingerprint density at radius 1 is 1.45 bits per heavy atom. The Hall–Kier alpha value is -2.09. The fourth-order valence-electron chi connectivity index (χ4n) is 2.64. The van der Waals surface area contributed by atoms with Crippen molar-refractivity contribution in [1.82, 2.24) is 24.7 Å². The molecule has 0 aliphatic carbocycles. The minimum absolute atomic E-state index is 0.110. The molecule has 2 aromatic heterocycles. The number of ether oxygens (including phenoxy) is 1. The summed E-state index contributed by atoms with van der Waals surface area (Å²) in [7, 11) is 1.61. The zero-order valence-electron chi connectivity index (χ0n) is 12.7. The second-order valence-corrected chi connectivity index (χ2v) is 5.22. The Labute approximate surface area is 127 Å². The van der Waals surface area contributed by atoms with E-state index < -0.39 is 5.82 Å². The van der Waals surface area contributed by atoms with E-state index in [2.05, 4.69) is 25.4 Å². The smallest absolute Gasteiger partial charge is 0.186 e. The number of methoxy groups -OCH3 is 1. The molecule has 7 nitrogen and oxygen atoms in total. The molecule has 22 heavy (non-hydrogen) atoms. The summed E-state index contributed by atoms with van der Waals surface area (Å²) in [5.41, 5.74) is 0.412. The zero-order chi connectivity index (χ0) is 15.5. The molecule has 1 aliphatic rings. The van der Waals surface area contributed by atoms with Gasteiger partial charge in [-0.25, -0.2) is 24.0 Å². The number of aryl methyl sites for hydroxylation is 2. The van der Waals surface area contributed by atoms with Crippen LogP contribution < -0.4 is 5.32 Å². The summed E-state index contributed by atoms with van der Waals surface area (Å²) < 4.78 is 21.2. The lowest BCUT2D eigenvalue weighted by Gasteiger charge is -2.23. The lowest BCUT2D eigenvalue weighted by atomic mass is 10.1. The standard InChI is InChI=1S/C14H19FN6O/c1-3-9-12(15)13(17-8-16-9)18-10-5-4-6-21-14(10)19-11(20-21)7-22-2/h8,10H,3-7H2,1-2H3,(H,16,17,18). The molecule has 3 heterocycles. The largest absolute Gasteiger partial charge is 0.377 e. The van der Waals surface area contributed by atoms with Gasteiger partial charge in [0.2, 0.25) is 0 Å². The van der Waals surface area contributed by atoms with Gasteiger partial charge in [0.05, 0.1) is 11.7 Å². The molecule has 0 radical (unpaired) electrons.